The van der Waals surface area contributed by atoms with Crippen LogP contribution in [0.15, 0.2) is 24.4 Å². The molecule has 4 nitrogen and oxygen atoms in total. The number of nitrogens with zero attached hydrogens (tertiary/aromatic N) is 1. The topological polar surface area (TPSA) is 56.3 Å². The highest BCUT2D eigenvalue weighted by molar-refractivity contribution is 7.86. The molecular weight excluding hydrogens is 238 g/mol. The molecule has 0 amide bonds. The lowest BCUT2D eigenvalue weighted by atomic mass is 9.98. The average molecular weight is 255 g/mol. The zero-order chi connectivity index (χ0) is 12.3. The molecule has 0 spiro atoms. The lowest BCUT2D eigenvalue weighted by Gasteiger charge is -2.21. The second-order valence-electron chi connectivity index (χ2n) is 4.52. The molecule has 0 N–H and O–H groups in total. The van der Waals surface area contributed by atoms with Gasteiger partial charge in [0.1, 0.15) is 6.10 Å². The summed E-state index contributed by atoms with van der Waals surface area (Å²) in [5.41, 5.74) is 0.713. The van der Waals surface area contributed by atoms with Gasteiger partial charge in [-0.3, -0.25) is 9.17 Å². The summed E-state index contributed by atoms with van der Waals surface area (Å²) in [4.78, 5) is 4.22. The Morgan fingerprint density at radius 2 is 2.06 bits per heavy atom. The van der Waals surface area contributed by atoms with Crippen molar-refractivity contribution in [2.75, 3.05) is 6.26 Å². The molecule has 5 heteroatoms. The Hall–Kier alpha value is -0.940. The third kappa shape index (κ3) is 3.51. The molecule has 94 valence electrons. The summed E-state index contributed by atoms with van der Waals surface area (Å²) in [5, 5.41) is 0. The Bertz CT molecular complexity index is 452. The first-order valence-corrected chi connectivity index (χ1v) is 7.67. The van der Waals surface area contributed by atoms with Crippen LogP contribution in [0.4, 0.5) is 0 Å². The summed E-state index contributed by atoms with van der Waals surface area (Å²) in [7, 11) is -3.45. The van der Waals surface area contributed by atoms with E-state index in [2.05, 4.69) is 4.98 Å². The fourth-order valence-electron chi connectivity index (χ4n) is 2.36. The largest absolute Gasteiger partial charge is 0.265 e. The molecule has 0 aliphatic heterocycles. The Morgan fingerprint density at radius 3 is 2.59 bits per heavy atom. The van der Waals surface area contributed by atoms with E-state index in [1.807, 2.05) is 18.2 Å². The number of aromatic nitrogens is 1. The van der Waals surface area contributed by atoms with E-state index in [-0.39, 0.29) is 5.92 Å². The van der Waals surface area contributed by atoms with Crippen molar-refractivity contribution in [3.8, 4) is 0 Å². The van der Waals surface area contributed by atoms with E-state index in [1.165, 1.54) is 0 Å². The fraction of sp³-hybridized carbons (Fsp3) is 0.583. The van der Waals surface area contributed by atoms with Crippen LogP contribution < -0.4 is 0 Å². The number of pyridine rings is 1. The van der Waals surface area contributed by atoms with Crippen LogP contribution >= 0.6 is 0 Å². The summed E-state index contributed by atoms with van der Waals surface area (Å²) < 4.78 is 27.9. The predicted molar refractivity (Wildman–Crippen MR) is 64.9 cm³/mol. The van der Waals surface area contributed by atoms with Crippen LogP contribution in [-0.2, 0) is 14.3 Å². The van der Waals surface area contributed by atoms with E-state index < -0.39 is 16.2 Å². The van der Waals surface area contributed by atoms with Crippen LogP contribution in [0.25, 0.3) is 0 Å². The molecule has 1 aliphatic rings. The zero-order valence-corrected chi connectivity index (χ0v) is 10.7. The van der Waals surface area contributed by atoms with Crippen molar-refractivity contribution >= 4 is 10.1 Å². The molecular formula is C12H17NO3S. The van der Waals surface area contributed by atoms with Crippen LogP contribution in [0, 0.1) is 5.92 Å². The SMILES string of the molecule is CS(=O)(=O)O[C@@H](c1ccccn1)C1CCCC1. The Labute approximate surface area is 102 Å². The minimum Gasteiger partial charge on any atom is -0.260 e. The highest BCUT2D eigenvalue weighted by Crippen LogP contribution is 2.38. The molecule has 0 saturated heterocycles. The molecule has 1 aliphatic carbocycles. The van der Waals surface area contributed by atoms with Crippen molar-refractivity contribution in [3.05, 3.63) is 30.1 Å². The van der Waals surface area contributed by atoms with Gasteiger partial charge in [0.2, 0.25) is 0 Å². The van der Waals surface area contributed by atoms with Gasteiger partial charge in [-0.1, -0.05) is 18.9 Å². The highest BCUT2D eigenvalue weighted by Gasteiger charge is 2.30. The summed E-state index contributed by atoms with van der Waals surface area (Å²) in [6.07, 6.45) is 6.64. The molecule has 1 atom stereocenters. The maximum absolute atomic E-state index is 11.3. The third-order valence-electron chi connectivity index (χ3n) is 3.09. The molecule has 0 bridgehead atoms. The molecule has 1 saturated carbocycles. The van der Waals surface area contributed by atoms with Crippen LogP contribution in [0.2, 0.25) is 0 Å². The van der Waals surface area contributed by atoms with Crippen molar-refractivity contribution in [1.29, 1.82) is 0 Å². The van der Waals surface area contributed by atoms with Gasteiger partial charge in [-0.25, -0.2) is 0 Å². The lowest BCUT2D eigenvalue weighted by molar-refractivity contribution is 0.142. The molecule has 1 fully saturated rings. The van der Waals surface area contributed by atoms with Gasteiger partial charge in [0.25, 0.3) is 10.1 Å². The van der Waals surface area contributed by atoms with Gasteiger partial charge in [-0.05, 0) is 30.9 Å². The maximum atomic E-state index is 11.3. The van der Waals surface area contributed by atoms with E-state index in [9.17, 15) is 8.42 Å². The van der Waals surface area contributed by atoms with Gasteiger partial charge in [-0.15, -0.1) is 0 Å². The second kappa shape index (κ2) is 5.14. The normalized spacial score (nSPS) is 19.4. The molecule has 0 radical (unpaired) electrons. The quantitative estimate of drug-likeness (QED) is 0.775. The Balaban J connectivity index is 2.23. The van der Waals surface area contributed by atoms with E-state index >= 15 is 0 Å². The fourth-order valence-corrected chi connectivity index (χ4v) is 2.99. The maximum Gasteiger partial charge on any atom is 0.265 e. The molecule has 1 aromatic rings. The average Bonchev–Trinajstić information content (AvgIpc) is 2.79. The molecule has 1 aromatic heterocycles. The van der Waals surface area contributed by atoms with Gasteiger partial charge < -0.3 is 0 Å². The minimum absolute atomic E-state index is 0.264. The van der Waals surface area contributed by atoms with Crippen LogP contribution in [-0.4, -0.2) is 19.7 Å². The van der Waals surface area contributed by atoms with Gasteiger partial charge in [-0.2, -0.15) is 8.42 Å². The third-order valence-corrected chi connectivity index (χ3v) is 3.64. The first-order chi connectivity index (χ1) is 8.06. The van der Waals surface area contributed by atoms with E-state index in [0.717, 1.165) is 31.9 Å². The van der Waals surface area contributed by atoms with Crippen LogP contribution in [0.5, 0.6) is 0 Å². The molecule has 1 heterocycles. The van der Waals surface area contributed by atoms with Gasteiger partial charge in [0.15, 0.2) is 0 Å². The van der Waals surface area contributed by atoms with Gasteiger partial charge in [0.05, 0.1) is 11.9 Å². The minimum atomic E-state index is -3.45. The molecule has 0 unspecified atom stereocenters. The van der Waals surface area contributed by atoms with Crippen molar-refractivity contribution in [3.63, 3.8) is 0 Å². The van der Waals surface area contributed by atoms with E-state index in [4.69, 9.17) is 4.18 Å². The standard InChI is InChI=1S/C12H17NO3S/c1-17(14,15)16-12(10-6-2-3-7-10)11-8-4-5-9-13-11/h4-5,8-10,12H,2-3,6-7H2,1H3/t12-/m1/s1. The summed E-state index contributed by atoms with van der Waals surface area (Å²) in [5.74, 6) is 0.264. The number of hydrogen-bond acceptors (Lipinski definition) is 4. The first kappa shape index (κ1) is 12.5. The lowest BCUT2D eigenvalue weighted by Crippen LogP contribution is -2.18. The van der Waals surface area contributed by atoms with Crippen molar-refractivity contribution < 1.29 is 12.6 Å². The monoisotopic (exact) mass is 255 g/mol. The van der Waals surface area contributed by atoms with E-state index in [0.29, 0.717) is 5.69 Å². The molecule has 2 rings (SSSR count). The van der Waals surface area contributed by atoms with Crippen molar-refractivity contribution in [1.82, 2.24) is 4.98 Å². The first-order valence-electron chi connectivity index (χ1n) is 5.85. The molecule has 17 heavy (non-hydrogen) atoms. The van der Waals surface area contributed by atoms with Crippen LogP contribution in [0.1, 0.15) is 37.5 Å². The summed E-state index contributed by atoms with van der Waals surface area (Å²) in [6, 6.07) is 5.50. The van der Waals surface area contributed by atoms with Gasteiger partial charge in [0, 0.05) is 6.20 Å². The summed E-state index contributed by atoms with van der Waals surface area (Å²) >= 11 is 0. The van der Waals surface area contributed by atoms with E-state index in [1.54, 1.807) is 6.20 Å². The van der Waals surface area contributed by atoms with Crippen molar-refractivity contribution in [2.24, 2.45) is 5.92 Å². The van der Waals surface area contributed by atoms with Crippen LogP contribution in [0.3, 0.4) is 0 Å². The number of rotatable bonds is 4. The molecule has 0 aromatic carbocycles. The Morgan fingerprint density at radius 1 is 1.35 bits per heavy atom. The zero-order valence-electron chi connectivity index (χ0n) is 9.87. The second-order valence-corrected chi connectivity index (χ2v) is 6.12. The smallest absolute Gasteiger partial charge is 0.260 e. The Kier molecular flexibility index (Phi) is 3.79. The van der Waals surface area contributed by atoms with Crippen molar-refractivity contribution in [2.45, 2.75) is 31.8 Å². The van der Waals surface area contributed by atoms with Gasteiger partial charge >= 0.3 is 0 Å². The highest BCUT2D eigenvalue weighted by atomic mass is 32.2. The number of hydrogen-bond donors (Lipinski definition) is 0. The predicted octanol–water partition coefficient (Wildman–Crippen LogP) is 2.29. The summed E-state index contributed by atoms with van der Waals surface area (Å²) in [6.45, 7) is 0.